The second kappa shape index (κ2) is 5.15. The Morgan fingerprint density at radius 3 is 2.74 bits per heavy atom. The Bertz CT molecular complexity index is 569. The lowest BCUT2D eigenvalue weighted by molar-refractivity contribution is 0.409. The van der Waals surface area contributed by atoms with Gasteiger partial charge in [-0.1, -0.05) is 0 Å². The summed E-state index contributed by atoms with van der Waals surface area (Å²) < 4.78 is 52.5. The van der Waals surface area contributed by atoms with Crippen LogP contribution in [0.2, 0.25) is 0 Å². The largest absolute Gasteiger partial charge is 0.310 e. The van der Waals surface area contributed by atoms with Crippen molar-refractivity contribution in [1.82, 2.24) is 10.0 Å². The Morgan fingerprint density at radius 1 is 1.42 bits per heavy atom. The quantitative estimate of drug-likeness (QED) is 0.881. The van der Waals surface area contributed by atoms with E-state index in [2.05, 4.69) is 10.0 Å². The molecule has 0 saturated carbocycles. The second-order valence-electron chi connectivity index (χ2n) is 4.99. The lowest BCUT2D eigenvalue weighted by Crippen LogP contribution is -2.47. The number of halogens is 2. The molecule has 4 nitrogen and oxygen atoms in total. The molecule has 0 aliphatic carbocycles. The van der Waals surface area contributed by atoms with Crippen molar-refractivity contribution in [3.05, 3.63) is 29.8 Å². The zero-order valence-corrected chi connectivity index (χ0v) is 11.4. The zero-order valence-electron chi connectivity index (χ0n) is 10.5. The molecule has 1 aliphatic heterocycles. The van der Waals surface area contributed by atoms with Crippen LogP contribution in [0.4, 0.5) is 8.78 Å². The van der Waals surface area contributed by atoms with E-state index in [0.29, 0.717) is 6.07 Å². The fraction of sp³-hybridized carbons (Fsp3) is 0.500. The van der Waals surface area contributed by atoms with Gasteiger partial charge in [0.25, 0.3) is 0 Å². The van der Waals surface area contributed by atoms with Gasteiger partial charge in [-0.25, -0.2) is 21.9 Å². The topological polar surface area (TPSA) is 58.2 Å². The monoisotopic (exact) mass is 290 g/mol. The van der Waals surface area contributed by atoms with E-state index >= 15 is 0 Å². The maximum Gasteiger partial charge on any atom is 0.243 e. The molecule has 0 aromatic heterocycles. The summed E-state index contributed by atoms with van der Waals surface area (Å²) in [5.74, 6) is -1.89. The molecule has 0 amide bonds. The van der Waals surface area contributed by atoms with E-state index in [-0.39, 0.29) is 12.1 Å². The molecule has 19 heavy (non-hydrogen) atoms. The van der Waals surface area contributed by atoms with Crippen molar-refractivity contribution in [2.45, 2.75) is 30.2 Å². The van der Waals surface area contributed by atoms with Gasteiger partial charge in [-0.15, -0.1) is 0 Å². The number of nitrogens with one attached hydrogen (secondary N) is 2. The van der Waals surface area contributed by atoms with Crippen LogP contribution in [0.5, 0.6) is 0 Å². The van der Waals surface area contributed by atoms with Crippen molar-refractivity contribution in [2.24, 2.45) is 0 Å². The van der Waals surface area contributed by atoms with Crippen LogP contribution in [-0.2, 0) is 10.0 Å². The summed E-state index contributed by atoms with van der Waals surface area (Å²) in [6.45, 7) is 2.92. The average Bonchev–Trinajstić information content (AvgIpc) is 2.74. The van der Waals surface area contributed by atoms with Crippen molar-refractivity contribution < 1.29 is 17.2 Å². The fourth-order valence-corrected chi connectivity index (χ4v) is 3.36. The van der Waals surface area contributed by atoms with Gasteiger partial charge in [0.2, 0.25) is 10.0 Å². The Labute approximate surface area is 111 Å². The molecule has 0 spiro atoms. The van der Waals surface area contributed by atoms with Crippen LogP contribution in [-0.4, -0.2) is 27.0 Å². The molecule has 2 N–H and O–H groups in total. The first-order valence-electron chi connectivity index (χ1n) is 6.02. The normalized spacial score (nSPS) is 23.7. The lowest BCUT2D eigenvalue weighted by Gasteiger charge is -2.24. The molecule has 106 valence electrons. The number of hydrogen-bond acceptors (Lipinski definition) is 3. The van der Waals surface area contributed by atoms with Crippen LogP contribution in [0.25, 0.3) is 0 Å². The van der Waals surface area contributed by atoms with E-state index in [1.54, 1.807) is 0 Å². The first-order valence-corrected chi connectivity index (χ1v) is 7.50. The molecule has 1 saturated heterocycles. The Morgan fingerprint density at radius 2 is 2.16 bits per heavy atom. The summed E-state index contributed by atoms with van der Waals surface area (Å²) in [6.07, 6.45) is 1.82. The summed E-state index contributed by atoms with van der Waals surface area (Å²) in [7, 11) is -3.96. The highest BCUT2D eigenvalue weighted by molar-refractivity contribution is 7.89. The van der Waals surface area contributed by atoms with Gasteiger partial charge >= 0.3 is 0 Å². The maximum atomic E-state index is 13.5. The van der Waals surface area contributed by atoms with Gasteiger partial charge in [0.1, 0.15) is 16.5 Å². The summed E-state index contributed by atoms with van der Waals surface area (Å²) in [5, 5.41) is 3.20. The molecule has 1 unspecified atom stereocenters. The molecule has 1 aliphatic rings. The van der Waals surface area contributed by atoms with E-state index < -0.39 is 26.6 Å². The van der Waals surface area contributed by atoms with Gasteiger partial charge in [0, 0.05) is 18.2 Å². The van der Waals surface area contributed by atoms with Gasteiger partial charge in [0.15, 0.2) is 0 Å². The van der Waals surface area contributed by atoms with Crippen molar-refractivity contribution in [3.63, 3.8) is 0 Å². The fourth-order valence-electron chi connectivity index (χ4n) is 2.13. The molecule has 1 fully saturated rings. The molecule has 1 aromatic carbocycles. The van der Waals surface area contributed by atoms with Gasteiger partial charge in [0.05, 0.1) is 0 Å². The predicted molar refractivity (Wildman–Crippen MR) is 67.2 cm³/mol. The van der Waals surface area contributed by atoms with Gasteiger partial charge < -0.3 is 5.32 Å². The smallest absolute Gasteiger partial charge is 0.243 e. The standard InChI is InChI=1S/C12H16F2N2O2S/c1-12(5-2-6-15-12)8-16-19(17,18)11-4-3-9(13)7-10(11)14/h3-4,7,15-16H,2,5-6,8H2,1H3. The zero-order chi connectivity index (χ0) is 14.1. The molecular weight excluding hydrogens is 274 g/mol. The van der Waals surface area contributed by atoms with Crippen molar-refractivity contribution in [1.29, 1.82) is 0 Å². The van der Waals surface area contributed by atoms with Crippen molar-refractivity contribution in [2.75, 3.05) is 13.1 Å². The van der Waals surface area contributed by atoms with Crippen LogP contribution in [0.1, 0.15) is 19.8 Å². The van der Waals surface area contributed by atoms with E-state index in [9.17, 15) is 17.2 Å². The van der Waals surface area contributed by atoms with Crippen LogP contribution in [0, 0.1) is 11.6 Å². The van der Waals surface area contributed by atoms with Crippen LogP contribution < -0.4 is 10.0 Å². The van der Waals surface area contributed by atoms with E-state index in [1.807, 2.05) is 6.92 Å². The van der Waals surface area contributed by atoms with Crippen LogP contribution in [0.15, 0.2) is 23.1 Å². The molecule has 0 radical (unpaired) electrons. The third-order valence-corrected chi connectivity index (χ3v) is 4.73. The van der Waals surface area contributed by atoms with Gasteiger partial charge in [-0.05, 0) is 38.4 Å². The summed E-state index contributed by atoms with van der Waals surface area (Å²) in [6, 6.07) is 2.41. The second-order valence-corrected chi connectivity index (χ2v) is 6.73. The van der Waals surface area contributed by atoms with Crippen LogP contribution >= 0.6 is 0 Å². The highest BCUT2D eigenvalue weighted by Crippen LogP contribution is 2.19. The Kier molecular flexibility index (Phi) is 3.89. The number of rotatable bonds is 4. The molecule has 7 heteroatoms. The van der Waals surface area contributed by atoms with Gasteiger partial charge in [-0.3, -0.25) is 0 Å². The van der Waals surface area contributed by atoms with Crippen LogP contribution in [0.3, 0.4) is 0 Å². The lowest BCUT2D eigenvalue weighted by atomic mass is 10.0. The predicted octanol–water partition coefficient (Wildman–Crippen LogP) is 1.39. The number of hydrogen-bond donors (Lipinski definition) is 2. The minimum Gasteiger partial charge on any atom is -0.310 e. The first kappa shape index (κ1) is 14.4. The first-order chi connectivity index (χ1) is 8.82. The molecule has 1 heterocycles. The van der Waals surface area contributed by atoms with E-state index in [1.165, 1.54) is 0 Å². The third kappa shape index (κ3) is 3.29. The minimum atomic E-state index is -3.96. The van der Waals surface area contributed by atoms with E-state index in [0.717, 1.165) is 31.5 Å². The highest BCUT2D eigenvalue weighted by atomic mass is 32.2. The summed E-state index contributed by atoms with van der Waals surface area (Å²) >= 11 is 0. The molecule has 1 atom stereocenters. The van der Waals surface area contributed by atoms with Crippen molar-refractivity contribution >= 4 is 10.0 Å². The molecule has 1 aromatic rings. The number of benzene rings is 1. The summed E-state index contributed by atoms with van der Waals surface area (Å²) in [5.41, 5.74) is -0.316. The molecular formula is C12H16F2N2O2S. The SMILES string of the molecule is CC1(CNS(=O)(=O)c2ccc(F)cc2F)CCCN1. The Hall–Kier alpha value is -1.05. The molecule has 0 bridgehead atoms. The Balaban J connectivity index is 2.14. The summed E-state index contributed by atoms with van der Waals surface area (Å²) in [4.78, 5) is -0.532. The van der Waals surface area contributed by atoms with Crippen molar-refractivity contribution in [3.8, 4) is 0 Å². The third-order valence-electron chi connectivity index (χ3n) is 3.29. The highest BCUT2D eigenvalue weighted by Gasteiger charge is 2.30. The molecule has 2 rings (SSSR count). The maximum absolute atomic E-state index is 13.5. The average molecular weight is 290 g/mol. The number of sulfonamides is 1. The minimum absolute atomic E-state index is 0.173. The van der Waals surface area contributed by atoms with Gasteiger partial charge in [-0.2, -0.15) is 0 Å². The van der Waals surface area contributed by atoms with E-state index in [4.69, 9.17) is 0 Å².